The summed E-state index contributed by atoms with van der Waals surface area (Å²) >= 11 is 0. The lowest BCUT2D eigenvalue weighted by Gasteiger charge is -2.34. The van der Waals surface area contributed by atoms with E-state index in [-0.39, 0.29) is 11.8 Å². The van der Waals surface area contributed by atoms with Gasteiger partial charge in [-0.25, -0.2) is 0 Å². The van der Waals surface area contributed by atoms with Crippen molar-refractivity contribution in [2.75, 3.05) is 39.8 Å². The van der Waals surface area contributed by atoms with E-state index >= 15 is 0 Å². The molecule has 1 N–H and O–H groups in total. The molecule has 28 heavy (non-hydrogen) atoms. The third kappa shape index (κ3) is 4.89. The average molecular weight is 381 g/mol. The predicted molar refractivity (Wildman–Crippen MR) is 109 cm³/mol. The number of nitrogens with zero attached hydrogens (tertiary/aromatic N) is 2. The Morgan fingerprint density at radius 3 is 2.11 bits per heavy atom. The van der Waals surface area contributed by atoms with E-state index < -0.39 is 0 Å². The second-order valence-corrected chi connectivity index (χ2v) is 6.83. The van der Waals surface area contributed by atoms with Gasteiger partial charge in [-0.3, -0.25) is 9.59 Å². The molecule has 0 unspecified atom stereocenters. The van der Waals surface area contributed by atoms with Gasteiger partial charge in [0.05, 0.1) is 7.11 Å². The molecule has 0 bridgehead atoms. The summed E-state index contributed by atoms with van der Waals surface area (Å²) in [6.45, 7) is 6.90. The number of carbonyl (C=O) groups is 2. The quantitative estimate of drug-likeness (QED) is 0.835. The smallest absolute Gasteiger partial charge is 0.253 e. The fourth-order valence-corrected chi connectivity index (χ4v) is 3.24. The summed E-state index contributed by atoms with van der Waals surface area (Å²) in [6, 6.07) is 14.4. The standard InChI is InChI=1S/C22H27N3O3/c1-3-24-12-14-25(15-13-24)22(27)19-8-6-18(7-9-19)21(26)23-16-17-4-10-20(28-2)11-5-17/h4-11H,3,12-16H2,1-2H3,(H,23,26). The normalized spacial score (nSPS) is 14.6. The van der Waals surface area contributed by atoms with Crippen LogP contribution in [0.4, 0.5) is 0 Å². The van der Waals surface area contributed by atoms with E-state index in [0.29, 0.717) is 17.7 Å². The molecular weight excluding hydrogens is 354 g/mol. The number of benzene rings is 2. The first-order valence-corrected chi connectivity index (χ1v) is 9.63. The monoisotopic (exact) mass is 381 g/mol. The summed E-state index contributed by atoms with van der Waals surface area (Å²) in [6.07, 6.45) is 0. The Morgan fingerprint density at radius 1 is 0.929 bits per heavy atom. The number of hydrogen-bond acceptors (Lipinski definition) is 4. The Bertz CT molecular complexity index is 795. The highest BCUT2D eigenvalue weighted by Gasteiger charge is 2.21. The SMILES string of the molecule is CCN1CCN(C(=O)c2ccc(C(=O)NCc3ccc(OC)cc3)cc2)CC1. The zero-order valence-electron chi connectivity index (χ0n) is 16.5. The van der Waals surface area contributed by atoms with Crippen LogP contribution >= 0.6 is 0 Å². The van der Waals surface area contributed by atoms with Crippen molar-refractivity contribution in [1.29, 1.82) is 0 Å². The molecule has 1 aliphatic heterocycles. The highest BCUT2D eigenvalue weighted by molar-refractivity contribution is 5.97. The number of piperazine rings is 1. The average Bonchev–Trinajstić information content (AvgIpc) is 2.77. The summed E-state index contributed by atoms with van der Waals surface area (Å²) < 4.78 is 5.13. The van der Waals surface area contributed by atoms with Crippen molar-refractivity contribution in [2.24, 2.45) is 0 Å². The minimum atomic E-state index is -0.161. The molecule has 0 radical (unpaired) electrons. The van der Waals surface area contributed by atoms with Gasteiger partial charge >= 0.3 is 0 Å². The summed E-state index contributed by atoms with van der Waals surface area (Å²) in [7, 11) is 1.62. The lowest BCUT2D eigenvalue weighted by Crippen LogP contribution is -2.48. The van der Waals surface area contributed by atoms with Crippen LogP contribution in [0, 0.1) is 0 Å². The van der Waals surface area contributed by atoms with Crippen LogP contribution in [0.2, 0.25) is 0 Å². The van der Waals surface area contributed by atoms with E-state index in [0.717, 1.165) is 44.0 Å². The molecule has 2 amide bonds. The van der Waals surface area contributed by atoms with Crippen LogP contribution in [0.25, 0.3) is 0 Å². The molecule has 0 atom stereocenters. The van der Waals surface area contributed by atoms with Gasteiger partial charge in [0.1, 0.15) is 5.75 Å². The van der Waals surface area contributed by atoms with Crippen molar-refractivity contribution >= 4 is 11.8 Å². The second-order valence-electron chi connectivity index (χ2n) is 6.83. The molecule has 0 saturated carbocycles. The summed E-state index contributed by atoms with van der Waals surface area (Å²) in [5, 5.41) is 2.90. The van der Waals surface area contributed by atoms with Gasteiger partial charge in [0.15, 0.2) is 0 Å². The number of hydrogen-bond donors (Lipinski definition) is 1. The molecule has 1 saturated heterocycles. The summed E-state index contributed by atoms with van der Waals surface area (Å²) in [5.74, 6) is 0.652. The number of amides is 2. The van der Waals surface area contributed by atoms with Crippen LogP contribution in [0.3, 0.4) is 0 Å². The maximum absolute atomic E-state index is 12.6. The van der Waals surface area contributed by atoms with Gasteiger partial charge in [0, 0.05) is 43.9 Å². The van der Waals surface area contributed by atoms with Crippen molar-refractivity contribution in [3.8, 4) is 5.75 Å². The summed E-state index contributed by atoms with van der Waals surface area (Å²) in [4.78, 5) is 29.2. The molecule has 6 heteroatoms. The second kappa shape index (κ2) is 9.37. The summed E-state index contributed by atoms with van der Waals surface area (Å²) in [5.41, 5.74) is 2.16. The Balaban J connectivity index is 1.54. The number of ether oxygens (including phenoxy) is 1. The van der Waals surface area contributed by atoms with Crippen LogP contribution < -0.4 is 10.1 Å². The van der Waals surface area contributed by atoms with Gasteiger partial charge < -0.3 is 19.9 Å². The number of methoxy groups -OCH3 is 1. The fourth-order valence-electron chi connectivity index (χ4n) is 3.24. The van der Waals surface area contributed by atoms with E-state index in [4.69, 9.17) is 4.74 Å². The minimum Gasteiger partial charge on any atom is -0.497 e. The predicted octanol–water partition coefficient (Wildman–Crippen LogP) is 2.40. The molecule has 2 aromatic rings. The first-order valence-electron chi connectivity index (χ1n) is 9.63. The maximum Gasteiger partial charge on any atom is 0.253 e. The first-order chi connectivity index (χ1) is 13.6. The van der Waals surface area contributed by atoms with Crippen molar-refractivity contribution in [1.82, 2.24) is 15.1 Å². The molecule has 0 spiro atoms. The number of carbonyl (C=O) groups excluding carboxylic acids is 2. The largest absolute Gasteiger partial charge is 0.497 e. The van der Waals surface area contributed by atoms with E-state index in [9.17, 15) is 9.59 Å². The van der Waals surface area contributed by atoms with Gasteiger partial charge in [-0.05, 0) is 48.5 Å². The topological polar surface area (TPSA) is 61.9 Å². The fraction of sp³-hybridized carbons (Fsp3) is 0.364. The molecule has 1 heterocycles. The van der Waals surface area contributed by atoms with E-state index in [1.165, 1.54) is 0 Å². The van der Waals surface area contributed by atoms with Crippen molar-refractivity contribution < 1.29 is 14.3 Å². The number of rotatable bonds is 6. The van der Waals surface area contributed by atoms with E-state index in [1.807, 2.05) is 29.2 Å². The lowest BCUT2D eigenvalue weighted by atomic mass is 10.1. The Hall–Kier alpha value is -2.86. The van der Waals surface area contributed by atoms with Crippen LogP contribution in [-0.4, -0.2) is 61.4 Å². The zero-order valence-corrected chi connectivity index (χ0v) is 16.5. The highest BCUT2D eigenvalue weighted by Crippen LogP contribution is 2.13. The van der Waals surface area contributed by atoms with Gasteiger partial charge in [0.2, 0.25) is 0 Å². The Kier molecular flexibility index (Phi) is 6.66. The van der Waals surface area contributed by atoms with Gasteiger partial charge in [-0.1, -0.05) is 19.1 Å². The van der Waals surface area contributed by atoms with Gasteiger partial charge in [-0.2, -0.15) is 0 Å². The molecule has 3 rings (SSSR count). The van der Waals surface area contributed by atoms with E-state index in [1.54, 1.807) is 31.4 Å². The van der Waals surface area contributed by atoms with Crippen LogP contribution in [0.1, 0.15) is 33.2 Å². The lowest BCUT2D eigenvalue weighted by molar-refractivity contribution is 0.0643. The van der Waals surface area contributed by atoms with Crippen LogP contribution in [0.15, 0.2) is 48.5 Å². The molecule has 0 aliphatic carbocycles. The number of nitrogens with one attached hydrogen (secondary N) is 1. The zero-order chi connectivity index (χ0) is 19.9. The van der Waals surface area contributed by atoms with Gasteiger partial charge in [-0.15, -0.1) is 0 Å². The molecule has 1 aliphatic rings. The molecule has 2 aromatic carbocycles. The maximum atomic E-state index is 12.6. The van der Waals surface area contributed by atoms with Gasteiger partial charge in [0.25, 0.3) is 11.8 Å². The van der Waals surface area contributed by atoms with Crippen LogP contribution in [-0.2, 0) is 6.54 Å². The van der Waals surface area contributed by atoms with Crippen molar-refractivity contribution in [2.45, 2.75) is 13.5 Å². The molecule has 0 aromatic heterocycles. The molecule has 148 valence electrons. The van der Waals surface area contributed by atoms with Crippen molar-refractivity contribution in [3.63, 3.8) is 0 Å². The molecular formula is C22H27N3O3. The molecule has 1 fully saturated rings. The highest BCUT2D eigenvalue weighted by atomic mass is 16.5. The Morgan fingerprint density at radius 2 is 1.54 bits per heavy atom. The minimum absolute atomic E-state index is 0.0287. The Labute approximate surface area is 166 Å². The van der Waals surface area contributed by atoms with E-state index in [2.05, 4.69) is 17.1 Å². The van der Waals surface area contributed by atoms with Crippen LogP contribution in [0.5, 0.6) is 5.75 Å². The first kappa shape index (κ1) is 19.9. The number of likely N-dealkylation sites (N-methyl/N-ethyl adjacent to an activating group) is 1. The molecule has 6 nitrogen and oxygen atoms in total. The third-order valence-electron chi connectivity index (χ3n) is 5.11. The van der Waals surface area contributed by atoms with Crippen molar-refractivity contribution in [3.05, 3.63) is 65.2 Å². The third-order valence-corrected chi connectivity index (χ3v) is 5.11.